The molecule has 1 N–H and O–H groups in total. The molecule has 1 aromatic carbocycles. The largest absolute Gasteiger partial charge is 0.455 e. The lowest BCUT2D eigenvalue weighted by Crippen LogP contribution is -2.51. The molecule has 0 aliphatic carbocycles. The number of benzene rings is 1. The topological polar surface area (TPSA) is 90.1 Å². The second-order valence-electron chi connectivity index (χ2n) is 6.84. The first-order chi connectivity index (χ1) is 13.8. The molecule has 0 spiro atoms. The maximum atomic E-state index is 12.7. The van der Waals surface area contributed by atoms with Gasteiger partial charge in [-0.25, -0.2) is 0 Å². The molecule has 1 aliphatic heterocycles. The first kappa shape index (κ1) is 20.7. The molecular weight excluding hydrogens is 396 g/mol. The molecule has 1 aromatic heterocycles. The lowest BCUT2D eigenvalue weighted by atomic mass is 10.1. The Morgan fingerprint density at radius 1 is 1.03 bits per heavy atom. The Balaban J connectivity index is 1.50. The minimum atomic E-state index is -0.170. The van der Waals surface area contributed by atoms with Crippen LogP contribution in [0, 0.1) is 5.41 Å². The molecule has 9 heteroatoms. The summed E-state index contributed by atoms with van der Waals surface area (Å²) in [5, 5.41) is 8.18. The zero-order chi connectivity index (χ0) is 21.0. The smallest absolute Gasteiger partial charge is 0.286 e. The predicted molar refractivity (Wildman–Crippen MR) is 109 cm³/mol. The standard InChI is InChI=1S/C20H23ClN4O4/c1-23(2)19(22)14-3-5-15(6-4-14)20(27)25-11-9-24(10-12-25)17(26)13-28-18-8-7-16(21)29-18/h3-8,22H,9-13H2,1-2H3. The van der Waals surface area contributed by atoms with E-state index in [0.29, 0.717) is 37.6 Å². The Morgan fingerprint density at radius 2 is 1.62 bits per heavy atom. The Bertz CT molecular complexity index is 886. The zero-order valence-corrected chi connectivity index (χ0v) is 17.1. The molecule has 8 nitrogen and oxygen atoms in total. The third-order valence-corrected chi connectivity index (χ3v) is 4.86. The lowest BCUT2D eigenvalue weighted by Gasteiger charge is -2.34. The summed E-state index contributed by atoms with van der Waals surface area (Å²) >= 11 is 5.67. The molecule has 2 amide bonds. The lowest BCUT2D eigenvalue weighted by molar-refractivity contribution is -0.135. The van der Waals surface area contributed by atoms with Crippen LogP contribution in [0.5, 0.6) is 5.95 Å². The number of piperazine rings is 1. The number of nitrogens with one attached hydrogen (secondary N) is 1. The van der Waals surface area contributed by atoms with Crippen molar-refractivity contribution in [1.29, 1.82) is 5.41 Å². The highest BCUT2D eigenvalue weighted by Crippen LogP contribution is 2.20. The molecule has 29 heavy (non-hydrogen) atoms. The minimum absolute atomic E-state index is 0.0819. The maximum Gasteiger partial charge on any atom is 0.286 e. The van der Waals surface area contributed by atoms with E-state index in [4.69, 9.17) is 26.2 Å². The third-order valence-electron chi connectivity index (χ3n) is 4.66. The summed E-state index contributed by atoms with van der Waals surface area (Å²) < 4.78 is 10.3. The van der Waals surface area contributed by atoms with Crippen LogP contribution in [0.1, 0.15) is 15.9 Å². The number of carbonyl (C=O) groups is 2. The summed E-state index contributed by atoms with van der Waals surface area (Å²) in [6.07, 6.45) is 0. The van der Waals surface area contributed by atoms with Gasteiger partial charge in [-0.05, 0) is 23.7 Å². The average molecular weight is 419 g/mol. The molecule has 1 fully saturated rings. The van der Waals surface area contributed by atoms with Crippen molar-refractivity contribution in [2.45, 2.75) is 0 Å². The van der Waals surface area contributed by atoms with E-state index in [9.17, 15) is 9.59 Å². The predicted octanol–water partition coefficient (Wildman–Crippen LogP) is 2.18. The molecule has 0 unspecified atom stereocenters. The van der Waals surface area contributed by atoms with Crippen LogP contribution in [0.3, 0.4) is 0 Å². The number of hydrogen-bond donors (Lipinski definition) is 1. The Morgan fingerprint density at radius 3 is 2.17 bits per heavy atom. The van der Waals surface area contributed by atoms with Gasteiger partial charge in [0.2, 0.25) is 0 Å². The van der Waals surface area contributed by atoms with E-state index in [0.717, 1.165) is 5.56 Å². The van der Waals surface area contributed by atoms with Gasteiger partial charge >= 0.3 is 0 Å². The summed E-state index contributed by atoms with van der Waals surface area (Å²) in [4.78, 5) is 30.1. The number of halogens is 1. The first-order valence-electron chi connectivity index (χ1n) is 9.16. The number of ether oxygens (including phenoxy) is 1. The molecule has 0 atom stereocenters. The van der Waals surface area contributed by atoms with Crippen molar-refractivity contribution >= 4 is 29.3 Å². The van der Waals surface area contributed by atoms with E-state index in [2.05, 4.69) is 0 Å². The van der Waals surface area contributed by atoms with Crippen molar-refractivity contribution in [3.8, 4) is 5.95 Å². The highest BCUT2D eigenvalue weighted by molar-refractivity contribution is 6.28. The first-order valence-corrected chi connectivity index (χ1v) is 9.54. The fourth-order valence-electron chi connectivity index (χ4n) is 2.97. The van der Waals surface area contributed by atoms with E-state index in [1.165, 1.54) is 0 Å². The second-order valence-corrected chi connectivity index (χ2v) is 7.21. The monoisotopic (exact) mass is 418 g/mol. The van der Waals surface area contributed by atoms with Gasteiger partial charge in [-0.15, -0.1) is 0 Å². The van der Waals surface area contributed by atoms with Crippen LogP contribution in [0.25, 0.3) is 0 Å². The number of hydrogen-bond acceptors (Lipinski definition) is 5. The fourth-order valence-corrected chi connectivity index (χ4v) is 3.11. The molecule has 2 aromatic rings. The number of carbonyl (C=O) groups excluding carboxylic acids is 2. The van der Waals surface area contributed by atoms with Crippen LogP contribution in [0.15, 0.2) is 40.8 Å². The molecule has 1 aliphatic rings. The second kappa shape index (κ2) is 9.00. The Kier molecular flexibility index (Phi) is 6.43. The number of nitrogens with zero attached hydrogens (tertiary/aromatic N) is 3. The van der Waals surface area contributed by atoms with Gasteiger partial charge in [0.15, 0.2) is 11.8 Å². The number of amides is 2. The molecular formula is C20H23ClN4O4. The van der Waals surface area contributed by atoms with E-state index < -0.39 is 0 Å². The highest BCUT2D eigenvalue weighted by Gasteiger charge is 2.25. The normalized spacial score (nSPS) is 13.9. The number of rotatable bonds is 5. The van der Waals surface area contributed by atoms with Crippen molar-refractivity contribution in [1.82, 2.24) is 14.7 Å². The van der Waals surface area contributed by atoms with Gasteiger partial charge in [0.05, 0.1) is 0 Å². The van der Waals surface area contributed by atoms with Gasteiger partial charge in [0.25, 0.3) is 17.8 Å². The van der Waals surface area contributed by atoms with Crippen molar-refractivity contribution in [3.63, 3.8) is 0 Å². The molecule has 3 rings (SSSR count). The van der Waals surface area contributed by atoms with Crippen LogP contribution < -0.4 is 4.74 Å². The maximum absolute atomic E-state index is 12.7. The molecule has 154 valence electrons. The summed E-state index contributed by atoms with van der Waals surface area (Å²) in [6.45, 7) is 1.64. The summed E-state index contributed by atoms with van der Waals surface area (Å²) in [5.41, 5.74) is 1.32. The molecule has 2 heterocycles. The van der Waals surface area contributed by atoms with Gasteiger partial charge < -0.3 is 23.9 Å². The Hall–Kier alpha value is -3.00. The summed E-state index contributed by atoms with van der Waals surface area (Å²) in [6, 6.07) is 10.1. The summed E-state index contributed by atoms with van der Waals surface area (Å²) in [7, 11) is 3.61. The number of amidine groups is 1. The van der Waals surface area contributed by atoms with Gasteiger partial charge in [0.1, 0.15) is 5.84 Å². The SMILES string of the molecule is CN(C)C(=N)c1ccc(C(=O)N2CCN(C(=O)COc3ccc(Cl)o3)CC2)cc1. The van der Waals surface area contributed by atoms with Gasteiger partial charge in [-0.1, -0.05) is 12.1 Å². The van der Waals surface area contributed by atoms with Crippen LogP contribution >= 0.6 is 11.6 Å². The van der Waals surface area contributed by atoms with Crippen molar-refractivity contribution in [2.24, 2.45) is 0 Å². The van der Waals surface area contributed by atoms with E-state index >= 15 is 0 Å². The quantitative estimate of drug-likeness (QED) is 0.593. The van der Waals surface area contributed by atoms with Crippen LogP contribution in [-0.2, 0) is 4.79 Å². The summed E-state index contributed by atoms with van der Waals surface area (Å²) in [5.74, 6) is 0.329. The van der Waals surface area contributed by atoms with Crippen molar-refractivity contribution in [2.75, 3.05) is 46.9 Å². The zero-order valence-electron chi connectivity index (χ0n) is 16.4. The van der Waals surface area contributed by atoms with Gasteiger partial charge in [-0.3, -0.25) is 15.0 Å². The fraction of sp³-hybridized carbons (Fsp3) is 0.350. The molecule has 0 radical (unpaired) electrons. The van der Waals surface area contributed by atoms with E-state index in [1.54, 1.807) is 65.2 Å². The van der Waals surface area contributed by atoms with Crippen molar-refractivity contribution in [3.05, 3.63) is 52.7 Å². The molecule has 0 bridgehead atoms. The van der Waals surface area contributed by atoms with Crippen LogP contribution in [-0.4, -0.2) is 79.2 Å². The third kappa shape index (κ3) is 5.08. The Labute approximate surface area is 174 Å². The van der Waals surface area contributed by atoms with Crippen LogP contribution in [0.2, 0.25) is 5.22 Å². The van der Waals surface area contributed by atoms with Gasteiger partial charge in [-0.2, -0.15) is 0 Å². The van der Waals surface area contributed by atoms with Crippen molar-refractivity contribution < 1.29 is 18.7 Å². The van der Waals surface area contributed by atoms with Gasteiger partial charge in [0, 0.05) is 63.5 Å². The van der Waals surface area contributed by atoms with Crippen LogP contribution in [0.4, 0.5) is 0 Å². The molecule has 0 saturated carbocycles. The number of furan rings is 1. The van der Waals surface area contributed by atoms with E-state index in [-0.39, 0.29) is 29.6 Å². The highest BCUT2D eigenvalue weighted by atomic mass is 35.5. The van der Waals surface area contributed by atoms with E-state index in [1.807, 2.05) is 0 Å². The average Bonchev–Trinajstić information content (AvgIpc) is 3.16. The molecule has 1 saturated heterocycles. The minimum Gasteiger partial charge on any atom is -0.455 e.